The summed E-state index contributed by atoms with van der Waals surface area (Å²) in [5, 5.41) is 23.6. The molecule has 1 N–H and O–H groups in total. The number of hydrogen-bond donors (Lipinski definition) is 1. The van der Waals surface area contributed by atoms with Crippen LogP contribution >= 0.6 is 0 Å². The van der Waals surface area contributed by atoms with Gasteiger partial charge in [-0.25, -0.2) is 9.78 Å². The van der Waals surface area contributed by atoms with E-state index in [0.29, 0.717) is 0 Å². The van der Waals surface area contributed by atoms with E-state index in [0.717, 1.165) is 4.63 Å². The van der Waals surface area contributed by atoms with Crippen molar-refractivity contribution in [1.82, 2.24) is 30.2 Å². The van der Waals surface area contributed by atoms with Crippen LogP contribution in [0.3, 0.4) is 0 Å². The van der Waals surface area contributed by atoms with E-state index >= 15 is 0 Å². The maximum atomic E-state index is 11.0. The van der Waals surface area contributed by atoms with Crippen LogP contribution in [0.5, 0.6) is 0 Å². The van der Waals surface area contributed by atoms with E-state index in [1.54, 1.807) is 0 Å². The standard InChI is InChI=1S/C8H4N6O3/c15-8(16)6-4(3-5-9-1-2-17-5)7-10-12-13-14(7)11-6/h1-3H,(H,15,16). The van der Waals surface area contributed by atoms with Crippen LogP contribution in [0.2, 0.25) is 0 Å². The Morgan fingerprint density at radius 2 is 2.41 bits per heavy atom. The van der Waals surface area contributed by atoms with Gasteiger partial charge in [0.1, 0.15) is 6.26 Å². The average molecular weight is 232 g/mol. The third kappa shape index (κ3) is 1.40. The molecule has 9 nitrogen and oxygen atoms in total. The number of nitrogens with zero attached hydrogens (tertiary/aromatic N) is 6. The molecule has 0 radical (unpaired) electrons. The van der Waals surface area contributed by atoms with Crippen LogP contribution in [-0.4, -0.2) is 41.3 Å². The highest BCUT2D eigenvalue weighted by Gasteiger charge is 2.16. The van der Waals surface area contributed by atoms with Crippen molar-refractivity contribution in [3.63, 3.8) is 0 Å². The number of tetrazole rings is 1. The van der Waals surface area contributed by atoms with Crippen molar-refractivity contribution in [1.29, 1.82) is 0 Å². The zero-order chi connectivity index (χ0) is 11.8. The summed E-state index contributed by atoms with van der Waals surface area (Å²) < 4.78 is 6.04. The molecule has 84 valence electrons. The molecule has 0 saturated heterocycles. The Labute approximate surface area is 92.4 Å². The third-order valence-corrected chi connectivity index (χ3v) is 2.07. The van der Waals surface area contributed by atoms with Crippen LogP contribution in [0.25, 0.3) is 11.7 Å². The minimum Gasteiger partial charge on any atom is -0.476 e. The molecule has 17 heavy (non-hydrogen) atoms. The quantitative estimate of drug-likeness (QED) is 0.582. The molecule has 0 aromatic carbocycles. The van der Waals surface area contributed by atoms with Gasteiger partial charge in [-0.3, -0.25) is 0 Å². The highest BCUT2D eigenvalue weighted by Crippen LogP contribution is 1.98. The van der Waals surface area contributed by atoms with Gasteiger partial charge in [0, 0.05) is 6.08 Å². The Hall–Kier alpha value is -2.84. The fraction of sp³-hybridized carbons (Fsp3) is 0. The van der Waals surface area contributed by atoms with Gasteiger partial charge in [0.15, 0.2) is 5.69 Å². The number of hydrogen-bond acceptors (Lipinski definition) is 7. The zero-order valence-electron chi connectivity index (χ0n) is 8.18. The Morgan fingerprint density at radius 3 is 3.12 bits per heavy atom. The normalized spacial score (nSPS) is 12.4. The van der Waals surface area contributed by atoms with Gasteiger partial charge in [-0.2, -0.15) is 0 Å². The molecular weight excluding hydrogens is 228 g/mol. The van der Waals surface area contributed by atoms with Crippen molar-refractivity contribution in [3.8, 4) is 0 Å². The molecule has 0 unspecified atom stereocenters. The van der Waals surface area contributed by atoms with Gasteiger partial charge in [-0.1, -0.05) is 0 Å². The molecule has 0 aliphatic rings. The van der Waals surface area contributed by atoms with E-state index in [1.165, 1.54) is 18.5 Å². The van der Waals surface area contributed by atoms with Crippen LogP contribution in [0.4, 0.5) is 0 Å². The lowest BCUT2D eigenvalue weighted by Crippen LogP contribution is -2.13. The summed E-state index contributed by atoms with van der Waals surface area (Å²) in [6, 6.07) is 0. The first-order valence-electron chi connectivity index (χ1n) is 4.48. The first-order chi connectivity index (χ1) is 8.25. The van der Waals surface area contributed by atoms with Gasteiger partial charge in [0.2, 0.25) is 11.5 Å². The van der Waals surface area contributed by atoms with Crippen molar-refractivity contribution < 1.29 is 14.3 Å². The maximum absolute atomic E-state index is 11.0. The zero-order valence-corrected chi connectivity index (χ0v) is 8.18. The monoisotopic (exact) mass is 232 g/mol. The lowest BCUT2D eigenvalue weighted by molar-refractivity contribution is 0.0688. The Balaban J connectivity index is 2.35. The second-order valence-electron chi connectivity index (χ2n) is 3.07. The number of carboxylic acid groups (broad SMARTS) is 1. The number of carboxylic acids is 1. The van der Waals surface area contributed by atoms with Gasteiger partial charge in [0.05, 0.1) is 11.4 Å². The third-order valence-electron chi connectivity index (χ3n) is 2.07. The van der Waals surface area contributed by atoms with Crippen molar-refractivity contribution in [2.75, 3.05) is 0 Å². The summed E-state index contributed by atoms with van der Waals surface area (Å²) >= 11 is 0. The Kier molecular flexibility index (Phi) is 1.84. The fourth-order valence-corrected chi connectivity index (χ4v) is 1.39. The van der Waals surface area contributed by atoms with Crippen LogP contribution in [-0.2, 0) is 0 Å². The molecule has 3 rings (SSSR count). The van der Waals surface area contributed by atoms with Crippen molar-refractivity contribution >= 4 is 17.7 Å². The number of fused-ring (bicyclic) bond motifs is 1. The second kappa shape index (κ2) is 3.33. The minimum atomic E-state index is -1.19. The summed E-state index contributed by atoms with van der Waals surface area (Å²) in [7, 11) is 0. The topological polar surface area (TPSA) is 119 Å². The van der Waals surface area contributed by atoms with E-state index in [2.05, 4.69) is 25.6 Å². The van der Waals surface area contributed by atoms with E-state index in [4.69, 9.17) is 9.52 Å². The number of aromatic nitrogens is 6. The van der Waals surface area contributed by atoms with Crippen molar-refractivity contribution in [2.24, 2.45) is 0 Å². The molecule has 0 saturated carbocycles. The summed E-state index contributed by atoms with van der Waals surface area (Å²) in [4.78, 5) is 14.9. The van der Waals surface area contributed by atoms with E-state index in [9.17, 15) is 4.79 Å². The van der Waals surface area contributed by atoms with E-state index < -0.39 is 5.97 Å². The SMILES string of the molecule is O=C(O)c1nn2nnnc2c1=Cc1ncco1. The van der Waals surface area contributed by atoms with Gasteiger partial charge in [0.25, 0.3) is 0 Å². The van der Waals surface area contributed by atoms with Crippen molar-refractivity contribution in [3.05, 3.63) is 29.3 Å². The minimum absolute atomic E-state index is 0.180. The van der Waals surface area contributed by atoms with E-state index in [-0.39, 0.29) is 22.5 Å². The molecule has 0 aliphatic heterocycles. The molecule has 0 aliphatic carbocycles. The number of oxazole rings is 1. The predicted octanol–water partition coefficient (Wildman–Crippen LogP) is -1.25. The second-order valence-corrected chi connectivity index (χ2v) is 3.07. The average Bonchev–Trinajstić information content (AvgIpc) is 2.96. The number of rotatable bonds is 2. The Morgan fingerprint density at radius 1 is 1.53 bits per heavy atom. The molecule has 0 fully saturated rings. The first-order valence-corrected chi connectivity index (χ1v) is 4.48. The van der Waals surface area contributed by atoms with Gasteiger partial charge < -0.3 is 9.52 Å². The van der Waals surface area contributed by atoms with E-state index in [1.807, 2.05) is 0 Å². The summed E-state index contributed by atoms with van der Waals surface area (Å²) in [5.74, 6) is -0.930. The lowest BCUT2D eigenvalue weighted by Gasteiger charge is -1.84. The fourth-order valence-electron chi connectivity index (χ4n) is 1.39. The summed E-state index contributed by atoms with van der Waals surface area (Å²) in [6.45, 7) is 0. The first kappa shape index (κ1) is 9.39. The van der Waals surface area contributed by atoms with Crippen LogP contribution in [0.1, 0.15) is 16.4 Å². The molecule has 0 amide bonds. The highest BCUT2D eigenvalue weighted by molar-refractivity contribution is 5.87. The summed E-state index contributed by atoms with van der Waals surface area (Å²) in [5.41, 5.74) is 0.0567. The van der Waals surface area contributed by atoms with Crippen LogP contribution in [0.15, 0.2) is 16.9 Å². The maximum Gasteiger partial charge on any atom is 0.357 e. The van der Waals surface area contributed by atoms with Crippen LogP contribution in [0, 0.1) is 0 Å². The largest absolute Gasteiger partial charge is 0.476 e. The number of carbonyl (C=O) groups is 1. The number of aromatic carboxylic acids is 1. The molecule has 3 aromatic heterocycles. The molecule has 0 spiro atoms. The molecule has 0 atom stereocenters. The molecule has 3 heterocycles. The molecule has 9 heteroatoms. The van der Waals surface area contributed by atoms with Crippen LogP contribution < -0.4 is 5.22 Å². The lowest BCUT2D eigenvalue weighted by atomic mass is 10.3. The Bertz CT molecular complexity index is 731. The summed E-state index contributed by atoms with van der Waals surface area (Å²) in [6.07, 6.45) is 4.24. The van der Waals surface area contributed by atoms with Gasteiger partial charge >= 0.3 is 5.97 Å². The molecule has 3 aromatic rings. The smallest absolute Gasteiger partial charge is 0.357 e. The van der Waals surface area contributed by atoms with Crippen molar-refractivity contribution in [2.45, 2.75) is 0 Å². The predicted molar refractivity (Wildman–Crippen MR) is 50.8 cm³/mol. The van der Waals surface area contributed by atoms with Gasteiger partial charge in [-0.15, -0.1) is 14.8 Å². The van der Waals surface area contributed by atoms with Gasteiger partial charge in [-0.05, 0) is 10.4 Å². The molecule has 0 bridgehead atoms. The molecular formula is C8H4N6O3. The highest BCUT2D eigenvalue weighted by atomic mass is 16.4.